The van der Waals surface area contributed by atoms with Crippen molar-refractivity contribution in [2.45, 2.75) is 0 Å². The number of anilines is 1. The van der Waals surface area contributed by atoms with E-state index in [1.807, 2.05) is 42.5 Å². The fraction of sp³-hybridized carbons (Fsp3) is 0.350. The fourth-order valence-electron chi connectivity index (χ4n) is 3.11. The van der Waals surface area contributed by atoms with Crippen LogP contribution in [0.3, 0.4) is 0 Å². The molecule has 144 valence electrons. The lowest BCUT2D eigenvalue weighted by atomic mass is 10.2. The maximum atomic E-state index is 10.0. The number of para-hydroxylation sites is 3. The third kappa shape index (κ3) is 4.98. The standard InChI is InChI=1S/C20H25ClN4O2/c1-22-20(23-10-15-27-19-9-5-2-6-16(19)21)25-13-11-24(12-14-25)17-7-3-4-8-18(17)26/h2-9,26H,10-15H2,1H3,(H,22,23). The Labute approximate surface area is 165 Å². The molecular formula is C20H25ClN4O2. The summed E-state index contributed by atoms with van der Waals surface area (Å²) in [4.78, 5) is 8.78. The summed E-state index contributed by atoms with van der Waals surface area (Å²) in [5.74, 6) is 1.87. The highest BCUT2D eigenvalue weighted by molar-refractivity contribution is 6.32. The van der Waals surface area contributed by atoms with Gasteiger partial charge in [0.05, 0.1) is 17.3 Å². The third-order valence-electron chi connectivity index (χ3n) is 4.49. The quantitative estimate of drug-likeness (QED) is 0.468. The summed E-state index contributed by atoms with van der Waals surface area (Å²) in [5.41, 5.74) is 0.883. The van der Waals surface area contributed by atoms with Crippen molar-refractivity contribution in [3.8, 4) is 11.5 Å². The van der Waals surface area contributed by atoms with Crippen molar-refractivity contribution in [1.82, 2.24) is 10.2 Å². The SMILES string of the molecule is CN=C(NCCOc1ccccc1Cl)N1CCN(c2ccccc2O)CC1. The Bertz CT molecular complexity index is 776. The summed E-state index contributed by atoms with van der Waals surface area (Å²) in [6.07, 6.45) is 0. The number of guanidine groups is 1. The highest BCUT2D eigenvalue weighted by Crippen LogP contribution is 2.27. The summed E-state index contributed by atoms with van der Waals surface area (Å²) >= 11 is 6.09. The van der Waals surface area contributed by atoms with Gasteiger partial charge in [0, 0.05) is 33.2 Å². The molecule has 0 unspecified atom stereocenters. The van der Waals surface area contributed by atoms with Crippen molar-refractivity contribution in [3.63, 3.8) is 0 Å². The van der Waals surface area contributed by atoms with Crippen LogP contribution in [0.15, 0.2) is 53.5 Å². The Morgan fingerprint density at radius 3 is 2.52 bits per heavy atom. The van der Waals surface area contributed by atoms with Crippen LogP contribution < -0.4 is 15.0 Å². The molecule has 1 fully saturated rings. The van der Waals surface area contributed by atoms with Crippen molar-refractivity contribution in [1.29, 1.82) is 0 Å². The number of aliphatic imine (C=N–C) groups is 1. The number of phenols is 1. The summed E-state index contributed by atoms with van der Waals surface area (Å²) < 4.78 is 5.70. The molecule has 6 nitrogen and oxygen atoms in total. The molecule has 0 saturated carbocycles. The van der Waals surface area contributed by atoms with Crippen LogP contribution in [-0.4, -0.2) is 62.3 Å². The van der Waals surface area contributed by atoms with Crippen LogP contribution >= 0.6 is 11.6 Å². The maximum absolute atomic E-state index is 10.0. The number of rotatable bonds is 5. The monoisotopic (exact) mass is 388 g/mol. The number of nitrogens with one attached hydrogen (secondary N) is 1. The van der Waals surface area contributed by atoms with E-state index in [0.717, 1.165) is 37.8 Å². The second-order valence-corrected chi connectivity index (χ2v) is 6.62. The first-order chi connectivity index (χ1) is 13.2. The number of piperazine rings is 1. The fourth-order valence-corrected chi connectivity index (χ4v) is 3.30. The first-order valence-electron chi connectivity index (χ1n) is 9.05. The highest BCUT2D eigenvalue weighted by atomic mass is 35.5. The maximum Gasteiger partial charge on any atom is 0.193 e. The zero-order chi connectivity index (χ0) is 19.1. The zero-order valence-corrected chi connectivity index (χ0v) is 16.2. The van der Waals surface area contributed by atoms with Crippen LogP contribution in [0.25, 0.3) is 0 Å². The lowest BCUT2D eigenvalue weighted by molar-refractivity contribution is 0.315. The Hall–Kier alpha value is -2.60. The van der Waals surface area contributed by atoms with Crippen LogP contribution in [0.4, 0.5) is 5.69 Å². The molecule has 0 atom stereocenters. The van der Waals surface area contributed by atoms with E-state index in [1.54, 1.807) is 13.1 Å². The Morgan fingerprint density at radius 2 is 1.81 bits per heavy atom. The predicted molar refractivity (Wildman–Crippen MR) is 110 cm³/mol. The van der Waals surface area contributed by atoms with E-state index in [1.165, 1.54) is 0 Å². The first-order valence-corrected chi connectivity index (χ1v) is 9.42. The number of halogens is 1. The van der Waals surface area contributed by atoms with Gasteiger partial charge in [-0.1, -0.05) is 35.9 Å². The van der Waals surface area contributed by atoms with Crippen molar-refractivity contribution in [3.05, 3.63) is 53.6 Å². The van der Waals surface area contributed by atoms with E-state index in [0.29, 0.717) is 29.7 Å². The molecule has 1 aliphatic heterocycles. The van der Waals surface area contributed by atoms with Crippen LogP contribution in [0, 0.1) is 0 Å². The second-order valence-electron chi connectivity index (χ2n) is 6.22. The Balaban J connectivity index is 1.45. The van der Waals surface area contributed by atoms with Crippen LogP contribution in [0.1, 0.15) is 0 Å². The van der Waals surface area contributed by atoms with E-state index >= 15 is 0 Å². The first kappa shape index (κ1) is 19.2. The second kappa shape index (κ2) is 9.37. The van der Waals surface area contributed by atoms with Gasteiger partial charge in [0.15, 0.2) is 5.96 Å². The molecule has 27 heavy (non-hydrogen) atoms. The van der Waals surface area contributed by atoms with E-state index < -0.39 is 0 Å². The molecule has 2 aromatic carbocycles. The van der Waals surface area contributed by atoms with Gasteiger partial charge in [0.1, 0.15) is 18.1 Å². The molecule has 1 saturated heterocycles. The highest BCUT2D eigenvalue weighted by Gasteiger charge is 2.21. The molecule has 0 radical (unpaired) electrons. The molecule has 1 heterocycles. The van der Waals surface area contributed by atoms with E-state index in [-0.39, 0.29) is 0 Å². The summed E-state index contributed by atoms with van der Waals surface area (Å²) in [7, 11) is 1.78. The Morgan fingerprint density at radius 1 is 1.11 bits per heavy atom. The number of phenolic OH excluding ortho intramolecular Hbond substituents is 1. The van der Waals surface area contributed by atoms with Gasteiger partial charge in [0.2, 0.25) is 0 Å². The third-order valence-corrected chi connectivity index (χ3v) is 4.81. The molecule has 7 heteroatoms. The Kier molecular flexibility index (Phi) is 6.65. The lowest BCUT2D eigenvalue weighted by Crippen LogP contribution is -2.53. The molecule has 1 aliphatic rings. The lowest BCUT2D eigenvalue weighted by Gasteiger charge is -2.37. The number of nitrogens with zero attached hydrogens (tertiary/aromatic N) is 3. The van der Waals surface area contributed by atoms with Gasteiger partial charge in [-0.2, -0.15) is 0 Å². The molecular weight excluding hydrogens is 364 g/mol. The molecule has 2 aromatic rings. The minimum atomic E-state index is 0.324. The smallest absolute Gasteiger partial charge is 0.193 e. The van der Waals surface area contributed by atoms with Gasteiger partial charge >= 0.3 is 0 Å². The van der Waals surface area contributed by atoms with Crippen molar-refractivity contribution >= 4 is 23.2 Å². The van der Waals surface area contributed by atoms with E-state index in [2.05, 4.69) is 20.1 Å². The molecule has 0 aliphatic carbocycles. The molecule has 2 N–H and O–H groups in total. The summed E-state index contributed by atoms with van der Waals surface area (Å²) in [6.45, 7) is 4.46. The molecule has 0 spiro atoms. The van der Waals surface area contributed by atoms with Gasteiger partial charge in [-0.05, 0) is 24.3 Å². The number of benzene rings is 2. The molecule has 0 aromatic heterocycles. The van der Waals surface area contributed by atoms with Gasteiger partial charge in [-0.25, -0.2) is 0 Å². The van der Waals surface area contributed by atoms with Gasteiger partial charge in [-0.3, -0.25) is 4.99 Å². The minimum Gasteiger partial charge on any atom is -0.506 e. The van der Waals surface area contributed by atoms with E-state index in [9.17, 15) is 5.11 Å². The summed E-state index contributed by atoms with van der Waals surface area (Å²) in [5, 5.41) is 14.0. The number of hydrogen-bond donors (Lipinski definition) is 2. The van der Waals surface area contributed by atoms with Gasteiger partial charge < -0.3 is 25.0 Å². The number of aromatic hydroxyl groups is 1. The van der Waals surface area contributed by atoms with Gasteiger partial charge in [-0.15, -0.1) is 0 Å². The topological polar surface area (TPSA) is 60.3 Å². The average Bonchev–Trinajstić information content (AvgIpc) is 2.70. The normalized spacial score (nSPS) is 15.0. The number of hydrogen-bond acceptors (Lipinski definition) is 4. The van der Waals surface area contributed by atoms with Crippen molar-refractivity contribution in [2.75, 3.05) is 51.3 Å². The van der Waals surface area contributed by atoms with Crippen LogP contribution in [0.2, 0.25) is 5.02 Å². The van der Waals surface area contributed by atoms with Gasteiger partial charge in [0.25, 0.3) is 0 Å². The van der Waals surface area contributed by atoms with E-state index in [4.69, 9.17) is 16.3 Å². The molecule has 0 amide bonds. The van der Waals surface area contributed by atoms with Crippen molar-refractivity contribution < 1.29 is 9.84 Å². The molecule has 3 rings (SSSR count). The van der Waals surface area contributed by atoms with Crippen LogP contribution in [-0.2, 0) is 0 Å². The zero-order valence-electron chi connectivity index (χ0n) is 15.4. The molecule has 0 bridgehead atoms. The van der Waals surface area contributed by atoms with Crippen LogP contribution in [0.5, 0.6) is 11.5 Å². The largest absolute Gasteiger partial charge is 0.506 e. The van der Waals surface area contributed by atoms with Crippen molar-refractivity contribution in [2.24, 2.45) is 4.99 Å². The number of ether oxygens (including phenoxy) is 1. The minimum absolute atomic E-state index is 0.324. The predicted octanol–water partition coefficient (Wildman–Crippen LogP) is 2.82. The average molecular weight is 389 g/mol. The summed E-state index contributed by atoms with van der Waals surface area (Å²) in [6, 6.07) is 14.9.